The van der Waals surface area contributed by atoms with Crippen molar-refractivity contribution in [1.29, 1.82) is 0 Å². The molecular formula is C22H17ClN6O3. The second-order valence-electron chi connectivity index (χ2n) is 6.53. The van der Waals surface area contributed by atoms with Crippen molar-refractivity contribution in [1.82, 2.24) is 25.1 Å². The number of benzene rings is 2. The van der Waals surface area contributed by atoms with E-state index in [4.69, 9.17) is 16.3 Å². The number of nitrogens with zero attached hydrogens (tertiary/aromatic N) is 4. The molecule has 10 heteroatoms. The molecule has 0 unspecified atom stereocenters. The van der Waals surface area contributed by atoms with E-state index in [1.165, 1.54) is 12.5 Å². The molecule has 2 aromatic heterocycles. The maximum atomic E-state index is 12.2. The van der Waals surface area contributed by atoms with Crippen molar-refractivity contribution < 1.29 is 14.3 Å². The zero-order valence-electron chi connectivity index (χ0n) is 16.6. The molecular weight excluding hydrogens is 432 g/mol. The van der Waals surface area contributed by atoms with E-state index >= 15 is 0 Å². The van der Waals surface area contributed by atoms with Crippen LogP contribution in [-0.4, -0.2) is 31.6 Å². The molecule has 0 aliphatic rings. The van der Waals surface area contributed by atoms with Gasteiger partial charge in [0.1, 0.15) is 12.1 Å². The second kappa shape index (κ2) is 9.71. The average molecular weight is 449 g/mol. The van der Waals surface area contributed by atoms with E-state index in [1.54, 1.807) is 41.0 Å². The van der Waals surface area contributed by atoms with Gasteiger partial charge in [-0.3, -0.25) is 14.2 Å². The monoisotopic (exact) mass is 448 g/mol. The number of pyridine rings is 1. The van der Waals surface area contributed by atoms with Gasteiger partial charge in [0.05, 0.1) is 18.4 Å². The fourth-order valence-electron chi connectivity index (χ4n) is 2.75. The van der Waals surface area contributed by atoms with Gasteiger partial charge in [0, 0.05) is 16.8 Å². The van der Waals surface area contributed by atoms with E-state index in [-0.39, 0.29) is 6.54 Å². The number of aromatic nitrogens is 4. The van der Waals surface area contributed by atoms with Crippen LogP contribution in [0.5, 0.6) is 11.6 Å². The number of halogens is 1. The van der Waals surface area contributed by atoms with Gasteiger partial charge in [0.25, 0.3) is 0 Å². The van der Waals surface area contributed by atoms with Crippen LogP contribution in [0.1, 0.15) is 5.82 Å². The molecule has 2 aromatic carbocycles. The molecule has 2 N–H and O–H groups in total. The summed E-state index contributed by atoms with van der Waals surface area (Å²) in [5.74, 6) is -0.253. The zero-order valence-corrected chi connectivity index (χ0v) is 17.4. The van der Waals surface area contributed by atoms with Crippen LogP contribution < -0.4 is 15.4 Å². The molecule has 0 atom stereocenters. The van der Waals surface area contributed by atoms with Crippen molar-refractivity contribution in [3.05, 3.63) is 90.1 Å². The van der Waals surface area contributed by atoms with Crippen LogP contribution in [0.15, 0.2) is 79.3 Å². The minimum absolute atomic E-state index is 0.0350. The Hall–Kier alpha value is -4.24. The largest absolute Gasteiger partial charge is 0.439 e. The van der Waals surface area contributed by atoms with Crippen molar-refractivity contribution in [3.8, 4) is 17.3 Å². The number of hydrogen-bond donors (Lipinski definition) is 2. The fourth-order valence-corrected chi connectivity index (χ4v) is 2.88. The first-order valence-electron chi connectivity index (χ1n) is 9.51. The molecule has 0 aliphatic heterocycles. The predicted octanol–water partition coefficient (Wildman–Crippen LogP) is 3.36. The number of rotatable bonds is 6. The van der Waals surface area contributed by atoms with E-state index in [0.717, 1.165) is 5.69 Å². The summed E-state index contributed by atoms with van der Waals surface area (Å²) >= 11 is 5.84. The molecule has 0 spiro atoms. The summed E-state index contributed by atoms with van der Waals surface area (Å²) in [6.45, 7) is 0.0350. The molecule has 4 aromatic rings. The lowest BCUT2D eigenvalue weighted by atomic mass is 10.3. The molecule has 0 fully saturated rings. The highest BCUT2D eigenvalue weighted by atomic mass is 35.5. The standard InChI is InChI=1S/C22H17ClN6O3/c23-15-6-9-18(10-7-15)32-20-11-8-16(12-24-20)27-22(31)21(30)25-13-19-28-26-14-29(19)17-4-2-1-3-5-17/h1-12,14H,13H2,(H,25,30)(H,27,31). The first kappa shape index (κ1) is 21.0. The third-order valence-corrected chi connectivity index (χ3v) is 4.55. The number of para-hydroxylation sites is 1. The van der Waals surface area contributed by atoms with E-state index in [1.807, 2.05) is 30.3 Å². The number of anilines is 1. The molecule has 0 saturated heterocycles. The Morgan fingerprint density at radius 2 is 1.75 bits per heavy atom. The van der Waals surface area contributed by atoms with Crippen LogP contribution in [0, 0.1) is 0 Å². The van der Waals surface area contributed by atoms with Gasteiger partial charge < -0.3 is 15.4 Å². The third-order valence-electron chi connectivity index (χ3n) is 4.30. The van der Waals surface area contributed by atoms with Gasteiger partial charge in [-0.2, -0.15) is 0 Å². The minimum atomic E-state index is -0.830. The lowest BCUT2D eigenvalue weighted by Gasteiger charge is -2.09. The Labute approximate surface area is 188 Å². The van der Waals surface area contributed by atoms with Crippen LogP contribution in [0.25, 0.3) is 5.69 Å². The Morgan fingerprint density at radius 3 is 2.47 bits per heavy atom. The summed E-state index contributed by atoms with van der Waals surface area (Å²) in [6.07, 6.45) is 2.93. The highest BCUT2D eigenvalue weighted by Crippen LogP contribution is 2.22. The summed E-state index contributed by atoms with van der Waals surface area (Å²) < 4.78 is 7.32. The van der Waals surface area contributed by atoms with Crippen molar-refractivity contribution in [2.24, 2.45) is 0 Å². The molecule has 2 heterocycles. The van der Waals surface area contributed by atoms with Gasteiger partial charge in [-0.25, -0.2) is 4.98 Å². The highest BCUT2D eigenvalue weighted by Gasteiger charge is 2.15. The molecule has 0 radical (unpaired) electrons. The number of carbonyl (C=O) groups is 2. The molecule has 160 valence electrons. The van der Waals surface area contributed by atoms with Crippen LogP contribution in [0.3, 0.4) is 0 Å². The topological polar surface area (TPSA) is 111 Å². The molecule has 4 rings (SSSR count). The predicted molar refractivity (Wildman–Crippen MR) is 118 cm³/mol. The Kier molecular flexibility index (Phi) is 6.38. The van der Waals surface area contributed by atoms with E-state index in [2.05, 4.69) is 25.8 Å². The van der Waals surface area contributed by atoms with Gasteiger partial charge in [-0.05, 0) is 42.5 Å². The summed E-state index contributed by atoms with van der Waals surface area (Å²) in [6, 6.07) is 19.4. The first-order valence-corrected chi connectivity index (χ1v) is 9.89. The van der Waals surface area contributed by atoms with Crippen LogP contribution in [-0.2, 0) is 16.1 Å². The van der Waals surface area contributed by atoms with Crippen LogP contribution >= 0.6 is 11.6 Å². The molecule has 0 saturated carbocycles. The maximum Gasteiger partial charge on any atom is 0.313 e. The Bertz CT molecular complexity index is 1210. The number of nitrogens with one attached hydrogen (secondary N) is 2. The molecule has 0 bridgehead atoms. The molecule has 9 nitrogen and oxygen atoms in total. The van der Waals surface area contributed by atoms with Gasteiger partial charge >= 0.3 is 11.8 Å². The summed E-state index contributed by atoms with van der Waals surface area (Å²) in [5.41, 5.74) is 1.19. The van der Waals surface area contributed by atoms with Crippen LogP contribution in [0.4, 0.5) is 5.69 Å². The van der Waals surface area contributed by atoms with Gasteiger partial charge in [0.2, 0.25) is 5.88 Å². The zero-order chi connectivity index (χ0) is 22.3. The maximum absolute atomic E-state index is 12.2. The number of ether oxygens (including phenoxy) is 1. The average Bonchev–Trinajstić information content (AvgIpc) is 3.29. The van der Waals surface area contributed by atoms with Gasteiger partial charge in [-0.15, -0.1) is 10.2 Å². The molecule has 2 amide bonds. The molecule has 32 heavy (non-hydrogen) atoms. The normalized spacial score (nSPS) is 10.4. The summed E-state index contributed by atoms with van der Waals surface area (Å²) in [7, 11) is 0. The number of amides is 2. The quantitative estimate of drug-likeness (QED) is 0.437. The lowest BCUT2D eigenvalue weighted by Crippen LogP contribution is -2.35. The minimum Gasteiger partial charge on any atom is -0.439 e. The third kappa shape index (κ3) is 5.27. The van der Waals surface area contributed by atoms with Gasteiger partial charge in [0.15, 0.2) is 5.82 Å². The lowest BCUT2D eigenvalue weighted by molar-refractivity contribution is -0.136. The van der Waals surface area contributed by atoms with E-state index < -0.39 is 11.8 Å². The Balaban J connectivity index is 1.31. The van der Waals surface area contributed by atoms with Crippen molar-refractivity contribution in [2.45, 2.75) is 6.54 Å². The number of hydrogen-bond acceptors (Lipinski definition) is 6. The van der Waals surface area contributed by atoms with Crippen molar-refractivity contribution in [3.63, 3.8) is 0 Å². The van der Waals surface area contributed by atoms with E-state index in [0.29, 0.717) is 28.2 Å². The SMILES string of the molecule is O=C(NCc1nncn1-c1ccccc1)C(=O)Nc1ccc(Oc2ccc(Cl)cc2)nc1. The number of carbonyl (C=O) groups excluding carboxylic acids is 2. The molecule has 0 aliphatic carbocycles. The fraction of sp³-hybridized carbons (Fsp3) is 0.0455. The summed E-state index contributed by atoms with van der Waals surface area (Å²) in [4.78, 5) is 28.5. The highest BCUT2D eigenvalue weighted by molar-refractivity contribution is 6.39. The van der Waals surface area contributed by atoms with Crippen molar-refractivity contribution in [2.75, 3.05) is 5.32 Å². The van der Waals surface area contributed by atoms with Crippen LogP contribution in [0.2, 0.25) is 5.02 Å². The van der Waals surface area contributed by atoms with Crippen molar-refractivity contribution >= 4 is 29.1 Å². The Morgan fingerprint density at radius 1 is 0.969 bits per heavy atom. The first-order chi connectivity index (χ1) is 15.6. The second-order valence-corrected chi connectivity index (χ2v) is 6.97. The van der Waals surface area contributed by atoms with E-state index in [9.17, 15) is 9.59 Å². The summed E-state index contributed by atoms with van der Waals surface area (Å²) in [5, 5.41) is 13.5. The van der Waals surface area contributed by atoms with Gasteiger partial charge in [-0.1, -0.05) is 29.8 Å². The smallest absolute Gasteiger partial charge is 0.313 e.